The van der Waals surface area contributed by atoms with Crippen LogP contribution in [-0.2, 0) is 4.74 Å². The number of amides is 1. The average molecular weight is 316 g/mol. The molecule has 22 heavy (non-hydrogen) atoms. The molecule has 0 bridgehead atoms. The molecule has 3 N–H and O–H groups in total. The molecule has 5 nitrogen and oxygen atoms in total. The molecule has 0 aromatic heterocycles. The lowest BCUT2D eigenvalue weighted by Gasteiger charge is -2.08. The molecule has 2 aromatic carbocycles. The smallest absolute Gasteiger partial charge is 0.282 e. The molecule has 0 saturated heterocycles. The lowest BCUT2D eigenvalue weighted by molar-refractivity contribution is 0.102. The van der Waals surface area contributed by atoms with E-state index in [0.717, 1.165) is 5.56 Å². The number of benzene rings is 2. The standard InChI is InChI=1S/C16H14ClN3O2/c17-12-5-7-13(8-6-12)19-15(21)11-3-1-10(2-4-11)14-9-22-16(18)20-14/h1-8,14H,9H2,(H2,18,20)(H,19,21). The third-order valence-electron chi connectivity index (χ3n) is 3.33. The van der Waals surface area contributed by atoms with E-state index in [4.69, 9.17) is 22.1 Å². The second kappa shape index (κ2) is 6.07. The Balaban J connectivity index is 1.69. The molecule has 2 aromatic rings. The molecule has 6 heteroatoms. The van der Waals surface area contributed by atoms with E-state index >= 15 is 0 Å². The number of rotatable bonds is 3. The van der Waals surface area contributed by atoms with Crippen molar-refractivity contribution in [2.45, 2.75) is 6.04 Å². The molecule has 1 aliphatic heterocycles. The van der Waals surface area contributed by atoms with Crippen LogP contribution in [-0.4, -0.2) is 18.5 Å². The molecule has 1 heterocycles. The van der Waals surface area contributed by atoms with Gasteiger partial charge in [0.15, 0.2) is 0 Å². The van der Waals surface area contributed by atoms with E-state index < -0.39 is 0 Å². The van der Waals surface area contributed by atoms with Crippen molar-refractivity contribution in [2.24, 2.45) is 10.7 Å². The summed E-state index contributed by atoms with van der Waals surface area (Å²) in [5, 5.41) is 3.44. The number of nitrogens with two attached hydrogens (primary N) is 1. The highest BCUT2D eigenvalue weighted by molar-refractivity contribution is 6.30. The highest BCUT2D eigenvalue weighted by atomic mass is 35.5. The van der Waals surface area contributed by atoms with Gasteiger partial charge in [0.2, 0.25) is 0 Å². The number of nitrogens with one attached hydrogen (secondary N) is 1. The fourth-order valence-electron chi connectivity index (χ4n) is 2.16. The second-order valence-corrected chi connectivity index (χ2v) is 5.31. The first-order chi connectivity index (χ1) is 10.6. The quantitative estimate of drug-likeness (QED) is 0.914. The monoisotopic (exact) mass is 315 g/mol. The van der Waals surface area contributed by atoms with Crippen LogP contribution in [0.15, 0.2) is 53.5 Å². The van der Waals surface area contributed by atoms with Gasteiger partial charge < -0.3 is 15.8 Å². The number of carbonyl (C=O) groups excluding carboxylic acids is 1. The van der Waals surface area contributed by atoms with E-state index in [0.29, 0.717) is 22.9 Å². The van der Waals surface area contributed by atoms with Crippen LogP contribution >= 0.6 is 11.6 Å². The minimum atomic E-state index is -0.181. The van der Waals surface area contributed by atoms with E-state index in [1.807, 2.05) is 12.1 Å². The maximum atomic E-state index is 12.2. The number of ether oxygens (including phenoxy) is 1. The van der Waals surface area contributed by atoms with Crippen molar-refractivity contribution < 1.29 is 9.53 Å². The van der Waals surface area contributed by atoms with Crippen molar-refractivity contribution in [3.63, 3.8) is 0 Å². The number of anilines is 1. The van der Waals surface area contributed by atoms with Crippen molar-refractivity contribution in [2.75, 3.05) is 11.9 Å². The number of hydrogen-bond donors (Lipinski definition) is 2. The molecule has 1 unspecified atom stereocenters. The molecule has 112 valence electrons. The summed E-state index contributed by atoms with van der Waals surface area (Å²) in [4.78, 5) is 16.3. The SMILES string of the molecule is NC1=NC(c2ccc(C(=O)Nc3ccc(Cl)cc3)cc2)CO1. The first-order valence-electron chi connectivity index (χ1n) is 6.75. The van der Waals surface area contributed by atoms with Crippen LogP contribution in [0.5, 0.6) is 0 Å². The molecule has 0 fully saturated rings. The lowest BCUT2D eigenvalue weighted by atomic mass is 10.1. The zero-order valence-electron chi connectivity index (χ0n) is 11.6. The van der Waals surface area contributed by atoms with Crippen LogP contribution in [0.25, 0.3) is 0 Å². The molecule has 0 radical (unpaired) electrons. The molecule has 3 rings (SSSR count). The van der Waals surface area contributed by atoms with Crippen LogP contribution in [0.4, 0.5) is 5.69 Å². The maximum absolute atomic E-state index is 12.2. The van der Waals surface area contributed by atoms with Crippen LogP contribution in [0.2, 0.25) is 5.02 Å². The van der Waals surface area contributed by atoms with Gasteiger partial charge in [0.05, 0.1) is 0 Å². The molecule has 0 saturated carbocycles. The second-order valence-electron chi connectivity index (χ2n) is 4.88. The molecule has 1 amide bonds. The van der Waals surface area contributed by atoms with Gasteiger partial charge in [-0.1, -0.05) is 23.7 Å². The Morgan fingerprint density at radius 1 is 1.18 bits per heavy atom. The Kier molecular flexibility index (Phi) is 3.98. The highest BCUT2D eigenvalue weighted by Gasteiger charge is 2.18. The van der Waals surface area contributed by atoms with E-state index in [-0.39, 0.29) is 18.0 Å². The van der Waals surface area contributed by atoms with Crippen LogP contribution in [0.3, 0.4) is 0 Å². The van der Waals surface area contributed by atoms with E-state index in [1.54, 1.807) is 36.4 Å². The number of carbonyl (C=O) groups is 1. The van der Waals surface area contributed by atoms with E-state index in [1.165, 1.54) is 0 Å². The van der Waals surface area contributed by atoms with Crippen molar-refractivity contribution in [1.82, 2.24) is 0 Å². The number of halogens is 1. The zero-order chi connectivity index (χ0) is 15.5. The maximum Gasteiger partial charge on any atom is 0.282 e. The van der Waals surface area contributed by atoms with Crippen molar-refractivity contribution in [3.05, 3.63) is 64.7 Å². The van der Waals surface area contributed by atoms with E-state index in [2.05, 4.69) is 10.3 Å². The molecular weight excluding hydrogens is 302 g/mol. The van der Waals surface area contributed by atoms with Gasteiger partial charge in [-0.05, 0) is 42.0 Å². The zero-order valence-corrected chi connectivity index (χ0v) is 12.4. The number of nitrogens with zero attached hydrogens (tertiary/aromatic N) is 1. The fourth-order valence-corrected chi connectivity index (χ4v) is 2.28. The normalized spacial score (nSPS) is 16.8. The van der Waals surface area contributed by atoms with Crippen molar-refractivity contribution in [3.8, 4) is 0 Å². The minimum absolute atomic E-state index is 0.103. The summed E-state index contributed by atoms with van der Waals surface area (Å²) in [6.07, 6.45) is 0. The summed E-state index contributed by atoms with van der Waals surface area (Å²) >= 11 is 5.81. The number of hydrogen-bond acceptors (Lipinski definition) is 4. The summed E-state index contributed by atoms with van der Waals surface area (Å²) in [7, 11) is 0. The summed E-state index contributed by atoms with van der Waals surface area (Å²) in [5.41, 5.74) is 7.71. The van der Waals surface area contributed by atoms with Gasteiger partial charge in [-0.3, -0.25) is 4.79 Å². The highest BCUT2D eigenvalue weighted by Crippen LogP contribution is 2.22. The molecule has 0 aliphatic carbocycles. The lowest BCUT2D eigenvalue weighted by Crippen LogP contribution is -2.12. The third kappa shape index (κ3) is 3.20. The Morgan fingerprint density at radius 2 is 1.86 bits per heavy atom. The van der Waals surface area contributed by atoms with Gasteiger partial charge >= 0.3 is 0 Å². The van der Waals surface area contributed by atoms with Gasteiger partial charge in [-0.25, -0.2) is 4.99 Å². The first kappa shape index (κ1) is 14.4. The molecule has 1 aliphatic rings. The topological polar surface area (TPSA) is 76.7 Å². The molecular formula is C16H14ClN3O2. The van der Waals surface area contributed by atoms with E-state index in [9.17, 15) is 4.79 Å². The largest absolute Gasteiger partial charge is 0.463 e. The number of aliphatic imine (C=N–C) groups is 1. The Hall–Kier alpha value is -2.53. The van der Waals surface area contributed by atoms with Gasteiger partial charge in [-0.2, -0.15) is 0 Å². The summed E-state index contributed by atoms with van der Waals surface area (Å²) in [6.45, 7) is 0.433. The summed E-state index contributed by atoms with van der Waals surface area (Å²) in [6, 6.07) is 14.3. The third-order valence-corrected chi connectivity index (χ3v) is 3.58. The van der Waals surface area contributed by atoms with Crippen LogP contribution < -0.4 is 11.1 Å². The van der Waals surface area contributed by atoms with Crippen molar-refractivity contribution >= 4 is 29.2 Å². The van der Waals surface area contributed by atoms with Crippen LogP contribution in [0.1, 0.15) is 22.0 Å². The molecule has 0 spiro atoms. The Bertz CT molecular complexity index is 711. The fraction of sp³-hybridized carbons (Fsp3) is 0.125. The average Bonchev–Trinajstić information content (AvgIpc) is 2.96. The predicted molar refractivity (Wildman–Crippen MR) is 86.2 cm³/mol. The van der Waals surface area contributed by atoms with Gasteiger partial charge in [-0.15, -0.1) is 0 Å². The summed E-state index contributed by atoms with van der Waals surface area (Å²) < 4.78 is 5.12. The number of amidine groups is 1. The predicted octanol–water partition coefficient (Wildman–Crippen LogP) is 2.98. The van der Waals surface area contributed by atoms with Crippen molar-refractivity contribution in [1.29, 1.82) is 0 Å². The Labute approximate surface area is 132 Å². The van der Waals surface area contributed by atoms with Gasteiger partial charge in [0.1, 0.15) is 12.6 Å². The minimum Gasteiger partial charge on any atom is -0.463 e. The molecule has 1 atom stereocenters. The Morgan fingerprint density at radius 3 is 2.45 bits per heavy atom. The first-order valence-corrected chi connectivity index (χ1v) is 7.12. The van der Waals surface area contributed by atoms with Crippen LogP contribution in [0, 0.1) is 0 Å². The summed E-state index contributed by atoms with van der Waals surface area (Å²) in [5.74, 6) is -0.181. The van der Waals surface area contributed by atoms with Gasteiger partial charge in [0.25, 0.3) is 11.9 Å². The van der Waals surface area contributed by atoms with Gasteiger partial charge in [0, 0.05) is 16.3 Å².